The molecule has 0 saturated carbocycles. The summed E-state index contributed by atoms with van der Waals surface area (Å²) >= 11 is 1.24. The van der Waals surface area contributed by atoms with E-state index in [0.29, 0.717) is 17.7 Å². The maximum Gasteiger partial charge on any atom is 0.277 e. The number of benzene rings is 2. The second kappa shape index (κ2) is 8.19. The van der Waals surface area contributed by atoms with Gasteiger partial charge >= 0.3 is 0 Å². The molecule has 0 fully saturated rings. The number of carbonyl (C=O) groups excluding carboxylic acids is 1. The first-order valence-corrected chi connectivity index (χ1v) is 9.35. The molecular formula is C20H21N3O2S. The summed E-state index contributed by atoms with van der Waals surface area (Å²) < 4.78 is 5.67. The van der Waals surface area contributed by atoms with Crippen molar-refractivity contribution >= 4 is 17.7 Å². The monoisotopic (exact) mass is 367 g/mol. The fraction of sp³-hybridized carbons (Fsp3) is 0.250. The summed E-state index contributed by atoms with van der Waals surface area (Å²) in [7, 11) is 0. The highest BCUT2D eigenvalue weighted by Crippen LogP contribution is 2.24. The number of hydrogen-bond acceptors (Lipinski definition) is 5. The Balaban J connectivity index is 1.52. The highest BCUT2D eigenvalue weighted by Gasteiger charge is 2.12. The number of carbonyl (C=O) groups is 1. The van der Waals surface area contributed by atoms with Crippen molar-refractivity contribution < 1.29 is 9.21 Å². The lowest BCUT2D eigenvalue weighted by atomic mass is 10.1. The van der Waals surface area contributed by atoms with Crippen LogP contribution in [0.15, 0.2) is 52.1 Å². The molecule has 1 aromatic heterocycles. The van der Waals surface area contributed by atoms with Crippen molar-refractivity contribution in [3.63, 3.8) is 0 Å². The van der Waals surface area contributed by atoms with E-state index in [2.05, 4.69) is 21.6 Å². The fourth-order valence-corrected chi connectivity index (χ4v) is 3.16. The van der Waals surface area contributed by atoms with Gasteiger partial charge in [-0.25, -0.2) is 0 Å². The fourth-order valence-electron chi connectivity index (χ4n) is 2.57. The molecule has 3 aromatic rings. The minimum Gasteiger partial charge on any atom is -0.411 e. The van der Waals surface area contributed by atoms with Crippen LogP contribution in [0.4, 0.5) is 0 Å². The molecule has 2 aromatic carbocycles. The number of aryl methyl sites for hydroxylation is 3. The van der Waals surface area contributed by atoms with Crippen LogP contribution in [0.25, 0.3) is 11.5 Å². The highest BCUT2D eigenvalue weighted by molar-refractivity contribution is 7.99. The molecule has 0 saturated heterocycles. The molecule has 1 amide bonds. The lowest BCUT2D eigenvalue weighted by molar-refractivity contribution is -0.118. The molecule has 0 radical (unpaired) electrons. The van der Waals surface area contributed by atoms with E-state index in [1.807, 2.05) is 57.2 Å². The van der Waals surface area contributed by atoms with Gasteiger partial charge in [-0.2, -0.15) is 0 Å². The standard InChI is InChI=1S/C20H21N3O2S/c1-13-4-6-16(7-5-13)11-21-18(24)12-26-20-23-22-19(25-20)17-9-14(2)8-15(3)10-17/h4-10H,11-12H2,1-3H3,(H,21,24). The molecule has 0 aliphatic heterocycles. The normalized spacial score (nSPS) is 10.7. The lowest BCUT2D eigenvalue weighted by Crippen LogP contribution is -2.24. The van der Waals surface area contributed by atoms with Crippen LogP contribution in [0, 0.1) is 20.8 Å². The lowest BCUT2D eigenvalue weighted by Gasteiger charge is -2.04. The van der Waals surface area contributed by atoms with Gasteiger partial charge in [-0.15, -0.1) is 10.2 Å². The van der Waals surface area contributed by atoms with Gasteiger partial charge in [0.25, 0.3) is 5.22 Å². The van der Waals surface area contributed by atoms with Crippen molar-refractivity contribution in [1.82, 2.24) is 15.5 Å². The van der Waals surface area contributed by atoms with Crippen molar-refractivity contribution in [3.05, 3.63) is 64.7 Å². The van der Waals surface area contributed by atoms with Gasteiger partial charge in [-0.3, -0.25) is 4.79 Å². The van der Waals surface area contributed by atoms with Crippen molar-refractivity contribution in [2.45, 2.75) is 32.5 Å². The number of amides is 1. The second-order valence-corrected chi connectivity index (χ2v) is 7.23. The number of thioether (sulfide) groups is 1. The van der Waals surface area contributed by atoms with Crippen LogP contribution in [-0.4, -0.2) is 21.9 Å². The Morgan fingerprint density at radius 3 is 2.38 bits per heavy atom. The first-order valence-electron chi connectivity index (χ1n) is 8.37. The molecule has 0 unspecified atom stereocenters. The molecule has 0 aliphatic carbocycles. The number of nitrogens with one attached hydrogen (secondary N) is 1. The smallest absolute Gasteiger partial charge is 0.277 e. The maximum atomic E-state index is 12.0. The van der Waals surface area contributed by atoms with E-state index in [1.165, 1.54) is 17.3 Å². The largest absolute Gasteiger partial charge is 0.411 e. The van der Waals surface area contributed by atoms with E-state index in [9.17, 15) is 4.79 Å². The third kappa shape index (κ3) is 4.95. The first kappa shape index (κ1) is 18.2. The van der Waals surface area contributed by atoms with Crippen LogP contribution in [0.5, 0.6) is 0 Å². The molecule has 1 N–H and O–H groups in total. The zero-order chi connectivity index (χ0) is 18.5. The minimum absolute atomic E-state index is 0.0678. The Morgan fingerprint density at radius 2 is 1.69 bits per heavy atom. The molecule has 0 aliphatic rings. The Hall–Kier alpha value is -2.60. The predicted octanol–water partition coefficient (Wildman–Crippen LogP) is 4.07. The Bertz CT molecular complexity index is 883. The zero-order valence-corrected chi connectivity index (χ0v) is 15.9. The predicted molar refractivity (Wildman–Crippen MR) is 103 cm³/mol. The highest BCUT2D eigenvalue weighted by atomic mass is 32.2. The Morgan fingerprint density at radius 1 is 1.00 bits per heavy atom. The van der Waals surface area contributed by atoms with Gasteiger partial charge in [0.2, 0.25) is 11.8 Å². The number of rotatable bonds is 6. The van der Waals surface area contributed by atoms with E-state index in [-0.39, 0.29) is 11.7 Å². The molecule has 0 spiro atoms. The maximum absolute atomic E-state index is 12.0. The molecular weight excluding hydrogens is 346 g/mol. The van der Waals surface area contributed by atoms with Crippen LogP contribution in [-0.2, 0) is 11.3 Å². The summed E-state index contributed by atoms with van der Waals surface area (Å²) in [5.41, 5.74) is 5.45. The quantitative estimate of drug-likeness (QED) is 0.665. The average molecular weight is 367 g/mol. The summed E-state index contributed by atoms with van der Waals surface area (Å²) in [6, 6.07) is 14.2. The van der Waals surface area contributed by atoms with Crippen LogP contribution in [0.3, 0.4) is 0 Å². The van der Waals surface area contributed by atoms with Gasteiger partial charge in [-0.05, 0) is 38.5 Å². The SMILES string of the molecule is Cc1ccc(CNC(=O)CSc2nnc(-c3cc(C)cc(C)c3)o2)cc1. The van der Waals surface area contributed by atoms with E-state index >= 15 is 0 Å². The average Bonchev–Trinajstić information content (AvgIpc) is 3.08. The van der Waals surface area contributed by atoms with E-state index in [0.717, 1.165) is 22.3 Å². The Kier molecular flexibility index (Phi) is 5.73. The first-order chi connectivity index (χ1) is 12.5. The molecule has 0 bridgehead atoms. The van der Waals surface area contributed by atoms with Crippen LogP contribution < -0.4 is 5.32 Å². The Labute approximate surface area is 157 Å². The summed E-state index contributed by atoms with van der Waals surface area (Å²) in [5.74, 6) is 0.640. The van der Waals surface area contributed by atoms with Crippen LogP contribution in [0.1, 0.15) is 22.3 Å². The van der Waals surface area contributed by atoms with Crippen molar-refractivity contribution in [3.8, 4) is 11.5 Å². The number of aromatic nitrogens is 2. The van der Waals surface area contributed by atoms with E-state index < -0.39 is 0 Å². The molecule has 134 valence electrons. The second-order valence-electron chi connectivity index (χ2n) is 6.30. The summed E-state index contributed by atoms with van der Waals surface area (Å²) in [4.78, 5) is 12.0. The molecule has 3 rings (SSSR count). The third-order valence-electron chi connectivity index (χ3n) is 3.81. The summed E-state index contributed by atoms with van der Waals surface area (Å²) in [6.07, 6.45) is 0. The molecule has 5 nitrogen and oxygen atoms in total. The van der Waals surface area contributed by atoms with Crippen LogP contribution >= 0.6 is 11.8 Å². The number of nitrogens with zero attached hydrogens (tertiary/aromatic N) is 2. The third-order valence-corrected chi connectivity index (χ3v) is 4.63. The van der Waals surface area contributed by atoms with Crippen LogP contribution in [0.2, 0.25) is 0 Å². The van der Waals surface area contributed by atoms with Crippen molar-refractivity contribution in [1.29, 1.82) is 0 Å². The van der Waals surface area contributed by atoms with Gasteiger partial charge in [0.15, 0.2) is 0 Å². The minimum atomic E-state index is -0.0678. The topological polar surface area (TPSA) is 68.0 Å². The van der Waals surface area contributed by atoms with Gasteiger partial charge < -0.3 is 9.73 Å². The molecule has 6 heteroatoms. The summed E-state index contributed by atoms with van der Waals surface area (Å²) in [6.45, 7) is 6.61. The van der Waals surface area contributed by atoms with E-state index in [4.69, 9.17) is 4.42 Å². The van der Waals surface area contributed by atoms with Gasteiger partial charge in [0.05, 0.1) is 5.75 Å². The molecule has 0 atom stereocenters. The molecule has 26 heavy (non-hydrogen) atoms. The number of hydrogen-bond donors (Lipinski definition) is 1. The van der Waals surface area contributed by atoms with Gasteiger partial charge in [0.1, 0.15) is 0 Å². The van der Waals surface area contributed by atoms with Gasteiger partial charge in [-0.1, -0.05) is 58.8 Å². The van der Waals surface area contributed by atoms with E-state index in [1.54, 1.807) is 0 Å². The zero-order valence-electron chi connectivity index (χ0n) is 15.1. The van der Waals surface area contributed by atoms with Crippen molar-refractivity contribution in [2.75, 3.05) is 5.75 Å². The van der Waals surface area contributed by atoms with Gasteiger partial charge in [0, 0.05) is 12.1 Å². The summed E-state index contributed by atoms with van der Waals surface area (Å²) in [5, 5.41) is 11.4. The van der Waals surface area contributed by atoms with Crippen molar-refractivity contribution in [2.24, 2.45) is 0 Å². The molecule has 1 heterocycles.